The molecule has 43 heavy (non-hydrogen) atoms. The first-order chi connectivity index (χ1) is 20.8. The van der Waals surface area contributed by atoms with Crippen molar-refractivity contribution in [1.82, 2.24) is 19.2 Å². The molecule has 1 aliphatic rings. The highest BCUT2D eigenvalue weighted by atomic mass is 35.5. The van der Waals surface area contributed by atoms with Crippen LogP contribution in [0.25, 0.3) is 28.0 Å². The van der Waals surface area contributed by atoms with E-state index >= 15 is 0 Å². The Labute approximate surface area is 253 Å². The zero-order valence-corrected chi connectivity index (χ0v) is 24.2. The van der Waals surface area contributed by atoms with Crippen molar-refractivity contribution in [2.75, 3.05) is 26.2 Å². The summed E-state index contributed by atoms with van der Waals surface area (Å²) in [6, 6.07) is 25.0. The molecule has 0 aliphatic carbocycles. The molecule has 1 aliphatic heterocycles. The molecule has 216 valence electrons. The van der Waals surface area contributed by atoms with Crippen molar-refractivity contribution in [2.24, 2.45) is 0 Å². The van der Waals surface area contributed by atoms with Crippen LogP contribution in [-0.2, 0) is 6.54 Å². The van der Waals surface area contributed by atoms with Gasteiger partial charge in [0.05, 0.1) is 26.9 Å². The Hall–Kier alpha value is -4.86. The molecule has 3 heterocycles. The molecule has 1 amide bonds. The number of ketones is 1. The number of imidazole rings is 1. The number of hydrogen-bond acceptors (Lipinski definition) is 6. The van der Waals surface area contributed by atoms with Gasteiger partial charge < -0.3 is 9.30 Å². The number of aromatic nitrogens is 2. The molecule has 2 aromatic heterocycles. The van der Waals surface area contributed by atoms with Gasteiger partial charge in [0, 0.05) is 62.2 Å². The number of piperazine rings is 1. The van der Waals surface area contributed by atoms with Crippen LogP contribution >= 0.6 is 11.6 Å². The van der Waals surface area contributed by atoms with Gasteiger partial charge in [-0.2, -0.15) is 0 Å². The van der Waals surface area contributed by atoms with Gasteiger partial charge in [-0.05, 0) is 54.4 Å². The summed E-state index contributed by atoms with van der Waals surface area (Å²) in [5, 5.41) is 11.7. The van der Waals surface area contributed by atoms with Gasteiger partial charge in [-0.3, -0.25) is 24.6 Å². The number of nitrogens with zero attached hydrogens (tertiary/aromatic N) is 5. The maximum atomic E-state index is 13.1. The van der Waals surface area contributed by atoms with Gasteiger partial charge in [-0.15, -0.1) is 0 Å². The summed E-state index contributed by atoms with van der Waals surface area (Å²) in [4.78, 5) is 44.7. The summed E-state index contributed by atoms with van der Waals surface area (Å²) >= 11 is 6.28. The van der Waals surface area contributed by atoms with E-state index in [-0.39, 0.29) is 17.4 Å². The van der Waals surface area contributed by atoms with Crippen LogP contribution in [0.2, 0.25) is 5.02 Å². The number of carbonyl (C=O) groups excluding carboxylic acids is 2. The zero-order valence-electron chi connectivity index (χ0n) is 23.4. The minimum atomic E-state index is -0.415. The summed E-state index contributed by atoms with van der Waals surface area (Å²) < 4.78 is 2.06. The molecule has 1 saturated heterocycles. The minimum absolute atomic E-state index is 0.0142. The Morgan fingerprint density at radius 3 is 2.16 bits per heavy atom. The van der Waals surface area contributed by atoms with Crippen molar-refractivity contribution in [1.29, 1.82) is 0 Å². The fourth-order valence-electron chi connectivity index (χ4n) is 5.41. The van der Waals surface area contributed by atoms with E-state index in [0.29, 0.717) is 48.9 Å². The Balaban J connectivity index is 1.32. The van der Waals surface area contributed by atoms with E-state index in [1.807, 2.05) is 59.6 Å². The molecular weight excluding hydrogens is 566 g/mol. The van der Waals surface area contributed by atoms with Crippen molar-refractivity contribution in [3.63, 3.8) is 0 Å². The number of amides is 1. The summed E-state index contributed by atoms with van der Waals surface area (Å²) in [5.41, 5.74) is 6.32. The van der Waals surface area contributed by atoms with Crippen LogP contribution in [0.3, 0.4) is 0 Å². The van der Waals surface area contributed by atoms with Gasteiger partial charge in [0.25, 0.3) is 11.6 Å². The molecule has 6 rings (SSSR count). The molecule has 0 spiro atoms. The van der Waals surface area contributed by atoms with Gasteiger partial charge in [-0.25, -0.2) is 4.98 Å². The van der Waals surface area contributed by atoms with Crippen LogP contribution in [0, 0.1) is 10.1 Å². The zero-order chi connectivity index (χ0) is 30.1. The van der Waals surface area contributed by atoms with Crippen molar-refractivity contribution in [2.45, 2.75) is 13.5 Å². The van der Waals surface area contributed by atoms with Gasteiger partial charge >= 0.3 is 0 Å². The van der Waals surface area contributed by atoms with Crippen molar-refractivity contribution < 1.29 is 14.5 Å². The van der Waals surface area contributed by atoms with Gasteiger partial charge in [0.15, 0.2) is 5.78 Å². The summed E-state index contributed by atoms with van der Waals surface area (Å²) in [7, 11) is 0. The second-order valence-electron chi connectivity index (χ2n) is 10.5. The van der Waals surface area contributed by atoms with E-state index in [9.17, 15) is 19.7 Å². The first-order valence-electron chi connectivity index (χ1n) is 13.9. The van der Waals surface area contributed by atoms with Gasteiger partial charge in [0.1, 0.15) is 5.65 Å². The Bertz CT molecular complexity index is 1840. The smallest absolute Gasteiger partial charge is 0.269 e. The van der Waals surface area contributed by atoms with E-state index in [4.69, 9.17) is 16.6 Å². The molecule has 10 heteroatoms. The lowest BCUT2D eigenvalue weighted by molar-refractivity contribution is -0.384. The standard InChI is InChI=1S/C33H28ClN5O4/c1-22(40)23-6-8-24(9-7-23)26-12-15-31-35-32(25-10-13-27(14-11-25)39(42)43)30(38(31)20-26)21-36-16-18-37(19-17-36)33(41)28-4-2-3-5-29(28)34/h2-15,20H,16-19,21H2,1H3. The number of fused-ring (bicyclic) bond motifs is 1. The fraction of sp³-hybridized carbons (Fsp3) is 0.182. The number of non-ortho nitro benzene ring substituents is 1. The number of pyridine rings is 1. The number of nitro benzene ring substituents is 1. The third-order valence-electron chi connectivity index (χ3n) is 7.83. The first-order valence-corrected chi connectivity index (χ1v) is 14.3. The van der Waals surface area contributed by atoms with Crippen LogP contribution in [0.1, 0.15) is 33.3 Å². The van der Waals surface area contributed by atoms with Crippen LogP contribution in [0.4, 0.5) is 5.69 Å². The molecule has 9 nitrogen and oxygen atoms in total. The third-order valence-corrected chi connectivity index (χ3v) is 8.16. The molecule has 5 aromatic rings. The Kier molecular flexibility index (Phi) is 7.75. The lowest BCUT2D eigenvalue weighted by atomic mass is 10.0. The molecule has 0 unspecified atom stereocenters. The van der Waals surface area contributed by atoms with Crippen molar-refractivity contribution >= 4 is 34.6 Å². The molecule has 3 aromatic carbocycles. The van der Waals surface area contributed by atoms with Crippen LogP contribution < -0.4 is 0 Å². The van der Waals surface area contributed by atoms with Gasteiger partial charge in [0.2, 0.25) is 0 Å². The minimum Gasteiger partial charge on any atom is -0.336 e. The normalized spacial score (nSPS) is 13.8. The highest BCUT2D eigenvalue weighted by Gasteiger charge is 2.25. The first kappa shape index (κ1) is 28.3. The van der Waals surface area contributed by atoms with Crippen molar-refractivity contribution in [3.8, 4) is 22.4 Å². The van der Waals surface area contributed by atoms with Crippen molar-refractivity contribution in [3.05, 3.63) is 123 Å². The third kappa shape index (κ3) is 5.77. The number of halogens is 1. The maximum Gasteiger partial charge on any atom is 0.269 e. The van der Waals surface area contributed by atoms with Crippen LogP contribution in [-0.4, -0.2) is 62.0 Å². The van der Waals surface area contributed by atoms with E-state index in [2.05, 4.69) is 9.30 Å². The molecular formula is C33H28ClN5O4. The van der Waals surface area contributed by atoms with E-state index in [1.165, 1.54) is 12.1 Å². The maximum absolute atomic E-state index is 13.1. The largest absolute Gasteiger partial charge is 0.336 e. The highest BCUT2D eigenvalue weighted by Crippen LogP contribution is 2.30. The average Bonchev–Trinajstić information content (AvgIpc) is 3.38. The highest BCUT2D eigenvalue weighted by molar-refractivity contribution is 6.33. The molecule has 0 radical (unpaired) electrons. The lowest BCUT2D eigenvalue weighted by Gasteiger charge is -2.35. The molecule has 0 saturated carbocycles. The Morgan fingerprint density at radius 2 is 1.51 bits per heavy atom. The van der Waals surface area contributed by atoms with E-state index in [1.54, 1.807) is 31.2 Å². The van der Waals surface area contributed by atoms with E-state index < -0.39 is 4.92 Å². The Morgan fingerprint density at radius 1 is 0.860 bits per heavy atom. The second kappa shape index (κ2) is 11.8. The molecule has 0 N–H and O–H groups in total. The number of benzene rings is 3. The number of hydrogen-bond donors (Lipinski definition) is 0. The number of nitro groups is 1. The number of carbonyl (C=O) groups is 2. The molecule has 0 bridgehead atoms. The quantitative estimate of drug-likeness (QED) is 0.123. The second-order valence-corrected chi connectivity index (χ2v) is 10.9. The van der Waals surface area contributed by atoms with Crippen LogP contribution in [0.15, 0.2) is 91.1 Å². The topological polar surface area (TPSA) is 101 Å². The summed E-state index contributed by atoms with van der Waals surface area (Å²) in [5.74, 6) is -0.0626. The molecule has 0 atom stereocenters. The molecule has 1 fully saturated rings. The monoisotopic (exact) mass is 593 g/mol. The SMILES string of the molecule is CC(=O)c1ccc(-c2ccc3nc(-c4ccc([N+](=O)[O-])cc4)c(CN4CCN(C(=O)c5ccccc5Cl)CC4)n3c2)cc1. The predicted octanol–water partition coefficient (Wildman–Crippen LogP) is 6.39. The predicted molar refractivity (Wildman–Crippen MR) is 165 cm³/mol. The number of rotatable bonds is 7. The van der Waals surface area contributed by atoms with Gasteiger partial charge in [-0.1, -0.05) is 48.0 Å². The van der Waals surface area contributed by atoms with E-state index in [0.717, 1.165) is 33.7 Å². The lowest BCUT2D eigenvalue weighted by Crippen LogP contribution is -2.48. The fourth-order valence-corrected chi connectivity index (χ4v) is 5.63. The summed E-state index contributed by atoms with van der Waals surface area (Å²) in [6.07, 6.45) is 2.03. The summed E-state index contributed by atoms with van der Waals surface area (Å²) in [6.45, 7) is 4.55. The average molecular weight is 594 g/mol. The number of Topliss-reactive ketones (excluding diaryl/α,β-unsaturated/α-hetero) is 1. The van der Waals surface area contributed by atoms with Crippen LogP contribution in [0.5, 0.6) is 0 Å².